The van der Waals surface area contributed by atoms with Crippen LogP contribution in [0.5, 0.6) is 0 Å². The molecule has 0 aliphatic carbocycles. The Morgan fingerprint density at radius 3 is 2.94 bits per heavy atom. The number of unbranched alkanes of at least 4 members (excludes halogenated alkanes) is 1. The van der Waals surface area contributed by atoms with Crippen molar-refractivity contribution in [1.29, 1.82) is 0 Å². The summed E-state index contributed by atoms with van der Waals surface area (Å²) in [6, 6.07) is 10.0. The predicted octanol–water partition coefficient (Wildman–Crippen LogP) is 4.10. The highest BCUT2D eigenvalue weighted by Gasteiger charge is 2.03. The highest BCUT2D eigenvalue weighted by atomic mass is 35.5. The van der Waals surface area contributed by atoms with Crippen molar-refractivity contribution in [2.75, 3.05) is 11.9 Å². The van der Waals surface area contributed by atoms with Crippen LogP contribution in [0.4, 0.5) is 5.82 Å². The number of pyridine rings is 1. The Labute approximate surface area is 101 Å². The van der Waals surface area contributed by atoms with E-state index in [1.54, 1.807) is 0 Å². The second-order valence-corrected chi connectivity index (χ2v) is 4.18. The van der Waals surface area contributed by atoms with Crippen molar-refractivity contribution >= 4 is 28.2 Å². The van der Waals surface area contributed by atoms with Crippen molar-refractivity contribution in [3.05, 3.63) is 35.5 Å². The largest absolute Gasteiger partial charge is 0.370 e. The Balaban J connectivity index is 2.34. The molecule has 0 aliphatic rings. The molecule has 0 bridgehead atoms. The second kappa shape index (κ2) is 5.17. The zero-order valence-electron chi connectivity index (χ0n) is 9.33. The molecule has 0 fully saturated rings. The van der Waals surface area contributed by atoms with Gasteiger partial charge in [-0.05, 0) is 17.9 Å². The summed E-state index contributed by atoms with van der Waals surface area (Å²) in [5.41, 5.74) is 0. The van der Waals surface area contributed by atoms with Crippen LogP contribution >= 0.6 is 11.6 Å². The SMILES string of the molecule is CCCCNc1nc(Cl)cc2ccccc12. The molecule has 1 N–H and O–H groups in total. The molecule has 1 aromatic heterocycles. The fourth-order valence-electron chi connectivity index (χ4n) is 1.68. The van der Waals surface area contributed by atoms with E-state index < -0.39 is 0 Å². The number of nitrogens with zero attached hydrogens (tertiary/aromatic N) is 1. The van der Waals surface area contributed by atoms with Crippen LogP contribution in [0.3, 0.4) is 0 Å². The van der Waals surface area contributed by atoms with Crippen LogP contribution in [0.15, 0.2) is 30.3 Å². The highest BCUT2D eigenvalue weighted by Crippen LogP contribution is 2.24. The van der Waals surface area contributed by atoms with Gasteiger partial charge in [-0.25, -0.2) is 4.98 Å². The minimum absolute atomic E-state index is 0.540. The second-order valence-electron chi connectivity index (χ2n) is 3.80. The van der Waals surface area contributed by atoms with Crippen molar-refractivity contribution in [2.24, 2.45) is 0 Å². The van der Waals surface area contributed by atoms with E-state index in [9.17, 15) is 0 Å². The van der Waals surface area contributed by atoms with Gasteiger partial charge in [0, 0.05) is 11.9 Å². The number of benzene rings is 1. The number of hydrogen-bond acceptors (Lipinski definition) is 2. The van der Waals surface area contributed by atoms with E-state index in [2.05, 4.69) is 23.3 Å². The van der Waals surface area contributed by atoms with E-state index in [0.717, 1.165) is 29.6 Å². The fraction of sp³-hybridized carbons (Fsp3) is 0.308. The molecule has 0 unspecified atom stereocenters. The van der Waals surface area contributed by atoms with Gasteiger partial charge in [0.1, 0.15) is 11.0 Å². The lowest BCUT2D eigenvalue weighted by Crippen LogP contribution is -2.03. The number of anilines is 1. The molecule has 0 saturated heterocycles. The van der Waals surface area contributed by atoms with Gasteiger partial charge >= 0.3 is 0 Å². The minimum Gasteiger partial charge on any atom is -0.370 e. The molecular weight excluding hydrogens is 220 g/mol. The standard InChI is InChI=1S/C13H15ClN2/c1-2-3-8-15-13-11-7-5-4-6-10(11)9-12(14)16-13/h4-7,9H,2-3,8H2,1H3,(H,15,16). The Hall–Kier alpha value is -1.28. The predicted molar refractivity (Wildman–Crippen MR) is 70.2 cm³/mol. The normalized spacial score (nSPS) is 10.6. The minimum atomic E-state index is 0.540. The van der Waals surface area contributed by atoms with Gasteiger partial charge in [-0.1, -0.05) is 49.2 Å². The average molecular weight is 235 g/mol. The van der Waals surface area contributed by atoms with Crippen LogP contribution in [0.25, 0.3) is 10.8 Å². The van der Waals surface area contributed by atoms with Crippen LogP contribution in [-0.4, -0.2) is 11.5 Å². The van der Waals surface area contributed by atoms with E-state index >= 15 is 0 Å². The zero-order valence-corrected chi connectivity index (χ0v) is 10.1. The van der Waals surface area contributed by atoms with Gasteiger partial charge in [0.05, 0.1) is 0 Å². The van der Waals surface area contributed by atoms with Gasteiger partial charge in [-0.3, -0.25) is 0 Å². The third kappa shape index (κ3) is 2.45. The molecule has 2 aromatic rings. The maximum absolute atomic E-state index is 5.99. The Bertz CT molecular complexity index is 482. The van der Waals surface area contributed by atoms with Crippen LogP contribution in [0.2, 0.25) is 5.15 Å². The third-order valence-corrected chi connectivity index (χ3v) is 2.73. The Morgan fingerprint density at radius 2 is 2.12 bits per heavy atom. The van der Waals surface area contributed by atoms with Crippen molar-refractivity contribution in [1.82, 2.24) is 4.98 Å². The molecule has 0 spiro atoms. The molecule has 1 heterocycles. The number of hydrogen-bond donors (Lipinski definition) is 1. The number of fused-ring (bicyclic) bond motifs is 1. The summed E-state index contributed by atoms with van der Waals surface area (Å²) in [5, 5.41) is 6.13. The van der Waals surface area contributed by atoms with Crippen molar-refractivity contribution < 1.29 is 0 Å². The summed E-state index contributed by atoms with van der Waals surface area (Å²) in [6.45, 7) is 3.11. The van der Waals surface area contributed by atoms with E-state index in [1.165, 1.54) is 6.42 Å². The molecule has 0 aliphatic heterocycles. The lowest BCUT2D eigenvalue weighted by Gasteiger charge is -2.08. The fourth-order valence-corrected chi connectivity index (χ4v) is 1.89. The van der Waals surface area contributed by atoms with Crippen LogP contribution in [0.1, 0.15) is 19.8 Å². The summed E-state index contributed by atoms with van der Waals surface area (Å²) >= 11 is 5.99. The van der Waals surface area contributed by atoms with E-state index in [-0.39, 0.29) is 0 Å². The lowest BCUT2D eigenvalue weighted by molar-refractivity contribution is 0.832. The van der Waals surface area contributed by atoms with E-state index in [4.69, 9.17) is 11.6 Å². The quantitative estimate of drug-likeness (QED) is 0.636. The summed E-state index contributed by atoms with van der Waals surface area (Å²) in [6.07, 6.45) is 2.31. The molecular formula is C13H15ClN2. The average Bonchev–Trinajstić information content (AvgIpc) is 2.29. The first-order valence-electron chi connectivity index (χ1n) is 5.60. The Kier molecular flexibility index (Phi) is 3.62. The molecule has 0 amide bonds. The molecule has 2 nitrogen and oxygen atoms in total. The van der Waals surface area contributed by atoms with Gasteiger partial charge in [0.15, 0.2) is 0 Å². The van der Waals surface area contributed by atoms with Crippen molar-refractivity contribution in [3.8, 4) is 0 Å². The third-order valence-electron chi connectivity index (χ3n) is 2.53. The van der Waals surface area contributed by atoms with Gasteiger partial charge in [0.2, 0.25) is 0 Å². The first-order chi connectivity index (χ1) is 7.81. The molecule has 3 heteroatoms. The highest BCUT2D eigenvalue weighted by molar-refractivity contribution is 6.30. The van der Waals surface area contributed by atoms with Gasteiger partial charge in [0.25, 0.3) is 0 Å². The topological polar surface area (TPSA) is 24.9 Å². The summed E-state index contributed by atoms with van der Waals surface area (Å²) in [7, 11) is 0. The lowest BCUT2D eigenvalue weighted by atomic mass is 10.1. The Morgan fingerprint density at radius 1 is 1.31 bits per heavy atom. The first-order valence-corrected chi connectivity index (χ1v) is 5.98. The van der Waals surface area contributed by atoms with Crippen LogP contribution in [0, 0.1) is 0 Å². The number of rotatable bonds is 4. The summed E-state index contributed by atoms with van der Waals surface area (Å²) in [5.74, 6) is 0.886. The molecule has 84 valence electrons. The van der Waals surface area contributed by atoms with Crippen molar-refractivity contribution in [2.45, 2.75) is 19.8 Å². The molecule has 16 heavy (non-hydrogen) atoms. The van der Waals surface area contributed by atoms with Crippen molar-refractivity contribution in [3.63, 3.8) is 0 Å². The molecule has 0 radical (unpaired) electrons. The molecule has 0 saturated carbocycles. The zero-order chi connectivity index (χ0) is 11.4. The number of halogens is 1. The first kappa shape index (κ1) is 11.2. The summed E-state index contributed by atoms with van der Waals surface area (Å²) in [4.78, 5) is 4.33. The molecule has 1 aromatic carbocycles. The van der Waals surface area contributed by atoms with E-state index in [0.29, 0.717) is 5.15 Å². The monoisotopic (exact) mass is 234 g/mol. The molecule has 0 atom stereocenters. The van der Waals surface area contributed by atoms with Crippen LogP contribution in [-0.2, 0) is 0 Å². The van der Waals surface area contributed by atoms with Crippen LogP contribution < -0.4 is 5.32 Å². The maximum Gasteiger partial charge on any atom is 0.135 e. The van der Waals surface area contributed by atoms with Gasteiger partial charge in [-0.2, -0.15) is 0 Å². The maximum atomic E-state index is 5.99. The smallest absolute Gasteiger partial charge is 0.135 e. The number of aromatic nitrogens is 1. The summed E-state index contributed by atoms with van der Waals surface area (Å²) < 4.78 is 0. The van der Waals surface area contributed by atoms with E-state index in [1.807, 2.05) is 24.3 Å². The number of nitrogens with one attached hydrogen (secondary N) is 1. The van der Waals surface area contributed by atoms with Gasteiger partial charge in [-0.15, -0.1) is 0 Å². The van der Waals surface area contributed by atoms with Gasteiger partial charge < -0.3 is 5.32 Å². The molecule has 2 rings (SSSR count).